The van der Waals surface area contributed by atoms with E-state index in [-0.39, 0.29) is 12.1 Å². The molecule has 2 heterocycles. The molecular formula is C15H11F2N3O. The third-order valence-electron chi connectivity index (χ3n) is 3.02. The largest absolute Gasteiger partial charge is 0.379 e. The van der Waals surface area contributed by atoms with Crippen LogP contribution in [0.2, 0.25) is 0 Å². The van der Waals surface area contributed by atoms with Crippen molar-refractivity contribution >= 4 is 11.3 Å². The predicted molar refractivity (Wildman–Crippen MR) is 75.1 cm³/mol. The zero-order valence-electron chi connectivity index (χ0n) is 10.9. The zero-order chi connectivity index (χ0) is 14.8. The lowest BCUT2D eigenvalue weighted by Crippen LogP contribution is -2.16. The van der Waals surface area contributed by atoms with E-state index in [0.29, 0.717) is 17.0 Å². The highest BCUT2D eigenvalue weighted by atomic mass is 19.2. The van der Waals surface area contributed by atoms with Crippen molar-refractivity contribution in [2.24, 2.45) is 0 Å². The van der Waals surface area contributed by atoms with E-state index in [0.717, 1.165) is 12.1 Å². The standard InChI is InChI=1S/C15H11F2N3O/c16-12-5-4-10(7-13(12)17)18-9-11-8-15(21)20-6-2-1-3-14(20)19-11/h1-8,18H,9H2. The summed E-state index contributed by atoms with van der Waals surface area (Å²) in [4.78, 5) is 16.2. The summed E-state index contributed by atoms with van der Waals surface area (Å²) in [5.41, 5.74) is 1.29. The van der Waals surface area contributed by atoms with Gasteiger partial charge in [0.1, 0.15) is 5.65 Å². The minimum absolute atomic E-state index is 0.192. The first kappa shape index (κ1) is 13.2. The fourth-order valence-corrected chi connectivity index (χ4v) is 1.99. The van der Waals surface area contributed by atoms with Crippen molar-refractivity contribution in [1.29, 1.82) is 0 Å². The maximum absolute atomic E-state index is 13.1. The average molecular weight is 287 g/mol. The Kier molecular flexibility index (Phi) is 3.35. The van der Waals surface area contributed by atoms with Crippen LogP contribution in [0.5, 0.6) is 0 Å². The van der Waals surface area contributed by atoms with Gasteiger partial charge in [-0.2, -0.15) is 0 Å². The zero-order valence-corrected chi connectivity index (χ0v) is 10.9. The molecule has 106 valence electrons. The third kappa shape index (κ3) is 2.74. The van der Waals surface area contributed by atoms with E-state index in [1.165, 1.54) is 16.5 Å². The van der Waals surface area contributed by atoms with E-state index >= 15 is 0 Å². The molecule has 0 radical (unpaired) electrons. The maximum atomic E-state index is 13.1. The van der Waals surface area contributed by atoms with Crippen LogP contribution in [-0.4, -0.2) is 9.38 Å². The Morgan fingerprint density at radius 3 is 2.76 bits per heavy atom. The second-order valence-corrected chi connectivity index (χ2v) is 4.50. The highest BCUT2D eigenvalue weighted by Gasteiger charge is 2.04. The van der Waals surface area contributed by atoms with Crippen LogP contribution in [0.4, 0.5) is 14.5 Å². The molecule has 0 unspecified atom stereocenters. The normalized spacial score (nSPS) is 10.8. The molecule has 0 aliphatic rings. The summed E-state index contributed by atoms with van der Waals surface area (Å²) in [5.74, 6) is -1.82. The molecule has 3 rings (SSSR count). The molecular weight excluding hydrogens is 276 g/mol. The van der Waals surface area contributed by atoms with Crippen LogP contribution in [0.3, 0.4) is 0 Å². The molecule has 6 heteroatoms. The van der Waals surface area contributed by atoms with Crippen LogP contribution in [-0.2, 0) is 6.54 Å². The minimum Gasteiger partial charge on any atom is -0.379 e. The number of nitrogens with zero attached hydrogens (tertiary/aromatic N) is 2. The first-order valence-electron chi connectivity index (χ1n) is 6.30. The summed E-state index contributed by atoms with van der Waals surface area (Å²) in [6.07, 6.45) is 1.64. The van der Waals surface area contributed by atoms with Crippen LogP contribution in [0.25, 0.3) is 5.65 Å². The van der Waals surface area contributed by atoms with Gasteiger partial charge in [-0.1, -0.05) is 6.07 Å². The van der Waals surface area contributed by atoms with Crippen LogP contribution in [0, 0.1) is 11.6 Å². The SMILES string of the molecule is O=c1cc(CNc2ccc(F)c(F)c2)nc2ccccn12. The summed E-state index contributed by atoms with van der Waals surface area (Å²) >= 11 is 0. The van der Waals surface area contributed by atoms with Gasteiger partial charge in [-0.15, -0.1) is 0 Å². The van der Waals surface area contributed by atoms with Gasteiger partial charge >= 0.3 is 0 Å². The predicted octanol–water partition coefficient (Wildman–Crippen LogP) is 2.58. The number of benzene rings is 1. The van der Waals surface area contributed by atoms with Crippen molar-refractivity contribution in [1.82, 2.24) is 9.38 Å². The molecule has 0 aliphatic heterocycles. The Balaban J connectivity index is 1.85. The molecule has 2 aromatic heterocycles. The molecule has 21 heavy (non-hydrogen) atoms. The summed E-state index contributed by atoms with van der Waals surface area (Å²) in [6, 6.07) is 10.2. The number of pyridine rings is 1. The molecule has 3 aromatic rings. The maximum Gasteiger partial charge on any atom is 0.258 e. The minimum atomic E-state index is -0.924. The van der Waals surface area contributed by atoms with Gasteiger partial charge in [0.2, 0.25) is 0 Å². The Labute approximate surface area is 118 Å². The average Bonchev–Trinajstić information content (AvgIpc) is 2.49. The molecule has 0 aliphatic carbocycles. The molecule has 0 saturated heterocycles. The second-order valence-electron chi connectivity index (χ2n) is 4.50. The smallest absolute Gasteiger partial charge is 0.258 e. The molecule has 0 saturated carbocycles. The van der Waals surface area contributed by atoms with Gasteiger partial charge in [0.15, 0.2) is 11.6 Å². The summed E-state index contributed by atoms with van der Waals surface area (Å²) in [5, 5.41) is 2.90. The van der Waals surface area contributed by atoms with E-state index in [2.05, 4.69) is 10.3 Å². The van der Waals surface area contributed by atoms with Crippen molar-refractivity contribution in [3.8, 4) is 0 Å². The lowest BCUT2D eigenvalue weighted by atomic mass is 10.3. The van der Waals surface area contributed by atoms with Gasteiger partial charge < -0.3 is 5.32 Å². The first-order chi connectivity index (χ1) is 10.1. The molecule has 1 N–H and O–H groups in total. The van der Waals surface area contributed by atoms with Crippen LogP contribution in [0.15, 0.2) is 53.5 Å². The molecule has 0 bridgehead atoms. The van der Waals surface area contributed by atoms with Gasteiger partial charge in [-0.3, -0.25) is 9.20 Å². The van der Waals surface area contributed by atoms with Crippen LogP contribution < -0.4 is 10.9 Å². The molecule has 0 fully saturated rings. The Hall–Kier alpha value is -2.76. The third-order valence-corrected chi connectivity index (χ3v) is 3.02. The Morgan fingerprint density at radius 2 is 1.95 bits per heavy atom. The van der Waals surface area contributed by atoms with E-state index < -0.39 is 11.6 Å². The molecule has 1 aromatic carbocycles. The van der Waals surface area contributed by atoms with Gasteiger partial charge in [0.05, 0.1) is 12.2 Å². The van der Waals surface area contributed by atoms with Gasteiger partial charge in [-0.25, -0.2) is 13.8 Å². The van der Waals surface area contributed by atoms with Crippen LogP contribution >= 0.6 is 0 Å². The quantitative estimate of drug-likeness (QED) is 0.805. The number of halogens is 2. The Bertz CT molecular complexity index is 861. The fourth-order valence-electron chi connectivity index (χ4n) is 1.99. The van der Waals surface area contributed by atoms with Crippen molar-refractivity contribution in [2.75, 3.05) is 5.32 Å². The Morgan fingerprint density at radius 1 is 1.10 bits per heavy atom. The van der Waals surface area contributed by atoms with E-state index in [1.54, 1.807) is 24.4 Å². The van der Waals surface area contributed by atoms with Crippen molar-refractivity contribution in [3.63, 3.8) is 0 Å². The van der Waals surface area contributed by atoms with Gasteiger partial charge in [0, 0.05) is 24.0 Å². The number of aromatic nitrogens is 2. The number of nitrogens with one attached hydrogen (secondary N) is 1. The highest BCUT2D eigenvalue weighted by Crippen LogP contribution is 2.13. The lowest BCUT2D eigenvalue weighted by Gasteiger charge is -2.07. The molecule has 0 amide bonds. The van der Waals surface area contributed by atoms with Crippen molar-refractivity contribution in [3.05, 3.63) is 76.3 Å². The van der Waals surface area contributed by atoms with Gasteiger partial charge in [0.25, 0.3) is 5.56 Å². The second kappa shape index (κ2) is 5.32. The van der Waals surface area contributed by atoms with Gasteiger partial charge in [-0.05, 0) is 24.3 Å². The lowest BCUT2D eigenvalue weighted by molar-refractivity contribution is 0.509. The number of rotatable bonds is 3. The highest BCUT2D eigenvalue weighted by molar-refractivity contribution is 5.44. The number of hydrogen-bond acceptors (Lipinski definition) is 3. The number of hydrogen-bond donors (Lipinski definition) is 1. The van der Waals surface area contributed by atoms with Crippen molar-refractivity contribution < 1.29 is 8.78 Å². The molecule has 0 atom stereocenters. The molecule has 4 nitrogen and oxygen atoms in total. The topological polar surface area (TPSA) is 46.4 Å². The van der Waals surface area contributed by atoms with Crippen LogP contribution in [0.1, 0.15) is 5.69 Å². The summed E-state index contributed by atoms with van der Waals surface area (Å²) in [7, 11) is 0. The monoisotopic (exact) mass is 287 g/mol. The fraction of sp³-hybridized carbons (Fsp3) is 0.0667. The number of anilines is 1. The van der Waals surface area contributed by atoms with E-state index in [1.807, 2.05) is 0 Å². The molecule has 0 spiro atoms. The summed E-state index contributed by atoms with van der Waals surface area (Å²) < 4.78 is 27.4. The van der Waals surface area contributed by atoms with Crippen molar-refractivity contribution in [2.45, 2.75) is 6.54 Å². The van der Waals surface area contributed by atoms with E-state index in [4.69, 9.17) is 0 Å². The summed E-state index contributed by atoms with van der Waals surface area (Å²) in [6.45, 7) is 0.242. The number of fused-ring (bicyclic) bond motifs is 1. The first-order valence-corrected chi connectivity index (χ1v) is 6.30. The van der Waals surface area contributed by atoms with E-state index in [9.17, 15) is 13.6 Å².